The number of hydrogen-bond acceptors (Lipinski definition) is 0. The van der Waals surface area contributed by atoms with Crippen molar-refractivity contribution >= 4 is 23.6 Å². The van der Waals surface area contributed by atoms with Gasteiger partial charge in [0.1, 0.15) is 8.07 Å². The molecule has 2 unspecified atom stereocenters. The molecule has 0 aliphatic heterocycles. The van der Waals surface area contributed by atoms with E-state index in [0.29, 0.717) is 0 Å². The Bertz CT molecular complexity index is 1250. The van der Waals surface area contributed by atoms with Crippen LogP contribution in [0.25, 0.3) is 0 Å². The average Bonchev–Trinajstić information content (AvgIpc) is 2.94. The molecule has 3 aromatic rings. The van der Waals surface area contributed by atoms with Gasteiger partial charge in [0.2, 0.25) is 0 Å². The van der Waals surface area contributed by atoms with Crippen molar-refractivity contribution in [2.24, 2.45) is 0 Å². The van der Waals surface area contributed by atoms with Crippen LogP contribution in [-0.2, 0) is 21.7 Å². The van der Waals surface area contributed by atoms with Gasteiger partial charge in [-0.15, -0.1) is 6.92 Å². The Kier molecular flexibility index (Phi) is 12.8. The second-order valence-corrected chi connectivity index (χ2v) is 14.1. The van der Waals surface area contributed by atoms with E-state index in [1.807, 2.05) is 0 Å². The number of aryl methyl sites for hydroxylation is 4. The first kappa shape index (κ1) is 34.9. The van der Waals surface area contributed by atoms with Gasteiger partial charge < -0.3 is 37.2 Å². The van der Waals surface area contributed by atoms with Crippen LogP contribution in [0.15, 0.2) is 83.4 Å². The van der Waals surface area contributed by atoms with Crippen molar-refractivity contribution < 1.29 is 58.9 Å². The van der Waals surface area contributed by atoms with Crippen molar-refractivity contribution in [1.82, 2.24) is 0 Å². The maximum Gasteiger partial charge on any atom is 4.00 e. The van der Waals surface area contributed by atoms with E-state index in [-0.39, 0.29) is 64.0 Å². The first-order valence-electron chi connectivity index (χ1n) is 11.6. The van der Waals surface area contributed by atoms with Gasteiger partial charge in [-0.1, -0.05) is 115 Å². The molecule has 2 atom stereocenters. The summed E-state index contributed by atoms with van der Waals surface area (Å²) >= 11 is 0. The SMILES string of the molecule is CC1=[C-]C(C)([Si](c2ccccc2)(c2cc(C)cc(C)c2)c2cc(C)ccc2C)C(C)=C1C.[Cl-].[Cl-].[Cl-].[Ti+4]. The largest absolute Gasteiger partial charge is 4.00 e. The quantitative estimate of drug-likeness (QED) is 0.176. The molecule has 0 saturated carbocycles. The van der Waals surface area contributed by atoms with Crippen molar-refractivity contribution in [3.8, 4) is 0 Å². The van der Waals surface area contributed by atoms with Gasteiger partial charge in [0.25, 0.3) is 0 Å². The van der Waals surface area contributed by atoms with Crippen molar-refractivity contribution in [3.63, 3.8) is 0 Å². The Balaban J connectivity index is 0.00000306. The Hall–Kier alpha value is -1.06. The van der Waals surface area contributed by atoms with Crippen LogP contribution in [0.2, 0.25) is 5.04 Å². The maximum absolute atomic E-state index is 4.06. The second-order valence-electron chi connectivity index (χ2n) is 9.94. The minimum absolute atomic E-state index is 0. The standard InChI is InChI=1S/C31H35Si.3ClH.Ti/c1-21-14-15-24(4)30(19-21)32(28-12-10-9-11-13-28,29-17-22(2)16-23(3)18-29)31(8)20-25(5)26(6)27(31)7;;;;/h9-19H,1-8H3;3*1H;/q-1;;;;+4/p-3. The normalized spacial score (nSPS) is 18.1. The van der Waals surface area contributed by atoms with Crippen LogP contribution in [0.5, 0.6) is 0 Å². The number of halogens is 3. The Morgan fingerprint density at radius 2 is 1.19 bits per heavy atom. The van der Waals surface area contributed by atoms with Crippen LogP contribution in [0.3, 0.4) is 0 Å². The molecule has 0 N–H and O–H groups in total. The maximum atomic E-state index is 4.06. The van der Waals surface area contributed by atoms with Gasteiger partial charge in [0.05, 0.1) is 0 Å². The van der Waals surface area contributed by atoms with Crippen LogP contribution in [0.4, 0.5) is 0 Å². The number of allylic oxidation sites excluding steroid dienone is 4. The molecule has 0 aromatic heterocycles. The van der Waals surface area contributed by atoms with Gasteiger partial charge in [-0.05, 0) is 43.3 Å². The minimum atomic E-state index is -2.59. The zero-order chi connectivity index (χ0) is 23.3. The number of hydrogen-bond donors (Lipinski definition) is 0. The summed E-state index contributed by atoms with van der Waals surface area (Å²) < 4.78 is 0. The molecule has 36 heavy (non-hydrogen) atoms. The summed E-state index contributed by atoms with van der Waals surface area (Å²) in [5.74, 6) is 0. The van der Waals surface area contributed by atoms with Gasteiger partial charge in [0, 0.05) is 0 Å². The van der Waals surface area contributed by atoms with Crippen LogP contribution >= 0.6 is 0 Å². The molecule has 0 spiro atoms. The first-order chi connectivity index (χ1) is 15.1. The summed E-state index contributed by atoms with van der Waals surface area (Å²) in [6.07, 6.45) is 4.06. The molecule has 0 saturated heterocycles. The molecule has 0 amide bonds. The van der Waals surface area contributed by atoms with Gasteiger partial charge in [0.15, 0.2) is 0 Å². The summed E-state index contributed by atoms with van der Waals surface area (Å²) in [5, 5.41) is 4.26. The monoisotopic (exact) mass is 588 g/mol. The van der Waals surface area contributed by atoms with Gasteiger partial charge >= 0.3 is 21.7 Å². The molecule has 0 fully saturated rings. The molecule has 1 aliphatic rings. The molecule has 188 valence electrons. The summed E-state index contributed by atoms with van der Waals surface area (Å²) in [7, 11) is -2.59. The van der Waals surface area contributed by atoms with E-state index in [0.717, 1.165) is 0 Å². The first-order valence-corrected chi connectivity index (χ1v) is 13.6. The molecule has 0 heterocycles. The van der Waals surface area contributed by atoms with E-state index in [9.17, 15) is 0 Å². The average molecular weight is 590 g/mol. The molecule has 3 aromatic carbocycles. The third kappa shape index (κ3) is 5.53. The fraction of sp³-hybridized carbons (Fsp3) is 0.290. The molecular weight excluding hydrogens is 555 g/mol. The van der Waals surface area contributed by atoms with Crippen molar-refractivity contribution in [1.29, 1.82) is 0 Å². The predicted molar refractivity (Wildman–Crippen MR) is 142 cm³/mol. The fourth-order valence-corrected chi connectivity index (χ4v) is 12.4. The molecule has 0 radical (unpaired) electrons. The smallest absolute Gasteiger partial charge is 1.00 e. The summed E-state index contributed by atoms with van der Waals surface area (Å²) in [6.45, 7) is 18.3. The van der Waals surface area contributed by atoms with Crippen molar-refractivity contribution in [2.45, 2.75) is 60.4 Å². The van der Waals surface area contributed by atoms with Gasteiger partial charge in [-0.25, -0.2) is 5.57 Å². The predicted octanol–water partition coefficient (Wildman–Crippen LogP) is -2.74. The Labute approximate surface area is 253 Å². The summed E-state index contributed by atoms with van der Waals surface area (Å²) in [6, 6.07) is 25.6. The molecule has 0 nitrogen and oxygen atoms in total. The van der Waals surface area contributed by atoms with E-state index in [4.69, 9.17) is 0 Å². The van der Waals surface area contributed by atoms with E-state index in [1.165, 1.54) is 54.5 Å². The minimum Gasteiger partial charge on any atom is -1.00 e. The molecular formula is C31H35Cl3SiTi. The summed E-state index contributed by atoms with van der Waals surface area (Å²) in [5.41, 5.74) is 9.53. The zero-order valence-corrected chi connectivity index (χ0v) is 27.3. The van der Waals surface area contributed by atoms with Crippen molar-refractivity contribution in [2.75, 3.05) is 0 Å². The third-order valence-electron chi connectivity index (χ3n) is 7.72. The number of rotatable bonds is 4. The van der Waals surface area contributed by atoms with E-state index in [1.54, 1.807) is 0 Å². The van der Waals surface area contributed by atoms with Crippen LogP contribution in [0, 0.1) is 33.8 Å². The van der Waals surface area contributed by atoms with E-state index in [2.05, 4.69) is 128 Å². The molecule has 0 bridgehead atoms. The van der Waals surface area contributed by atoms with E-state index < -0.39 is 8.07 Å². The fourth-order valence-electron chi connectivity index (χ4n) is 5.94. The van der Waals surface area contributed by atoms with E-state index >= 15 is 0 Å². The van der Waals surface area contributed by atoms with Crippen LogP contribution < -0.4 is 52.8 Å². The molecule has 4 rings (SSSR count). The Morgan fingerprint density at radius 3 is 1.69 bits per heavy atom. The topological polar surface area (TPSA) is 0 Å². The summed E-state index contributed by atoms with van der Waals surface area (Å²) in [4.78, 5) is 0. The van der Waals surface area contributed by atoms with Gasteiger partial charge in [-0.3, -0.25) is 6.08 Å². The number of benzene rings is 3. The zero-order valence-electron chi connectivity index (χ0n) is 22.5. The third-order valence-corrected chi connectivity index (χ3v) is 13.4. The molecule has 1 aliphatic carbocycles. The van der Waals surface area contributed by atoms with Crippen LogP contribution in [-0.4, -0.2) is 8.07 Å². The molecule has 5 heteroatoms. The second kappa shape index (κ2) is 13.1. The Morgan fingerprint density at radius 1 is 0.639 bits per heavy atom. The van der Waals surface area contributed by atoms with Crippen molar-refractivity contribution in [3.05, 3.63) is 112 Å². The van der Waals surface area contributed by atoms with Gasteiger partial charge in [-0.2, -0.15) is 11.1 Å². The van der Waals surface area contributed by atoms with Crippen LogP contribution in [0.1, 0.15) is 49.9 Å².